The fourth-order valence-corrected chi connectivity index (χ4v) is 2.62. The van der Waals surface area contributed by atoms with Crippen molar-refractivity contribution in [1.82, 2.24) is 19.8 Å². The Morgan fingerprint density at radius 3 is 2.77 bits per heavy atom. The van der Waals surface area contributed by atoms with Crippen molar-refractivity contribution in [3.8, 4) is 0 Å². The highest BCUT2D eigenvalue weighted by Crippen LogP contribution is 2.17. The van der Waals surface area contributed by atoms with Crippen LogP contribution in [0.4, 0.5) is 4.79 Å². The summed E-state index contributed by atoms with van der Waals surface area (Å²) in [6.07, 6.45) is 1.41. The number of carbonyl (C=O) groups excluding carboxylic acids is 1. The standard InChI is InChI=1S/C15H23ClN4O2/c1-11-9-19(10-12-5-6-17-13(16)18-12)7-8-20(11)14(21)22-15(2,3)4/h5-6,11H,7-10H2,1-4H3/t11-/m0/s1. The van der Waals surface area contributed by atoms with Crippen LogP contribution in [0, 0.1) is 0 Å². The molecular weight excluding hydrogens is 304 g/mol. The molecule has 0 bridgehead atoms. The first-order valence-electron chi connectivity index (χ1n) is 7.44. The van der Waals surface area contributed by atoms with Crippen molar-refractivity contribution in [1.29, 1.82) is 0 Å². The topological polar surface area (TPSA) is 58.6 Å². The summed E-state index contributed by atoms with van der Waals surface area (Å²) in [7, 11) is 0. The van der Waals surface area contributed by atoms with E-state index in [1.807, 2.05) is 33.8 Å². The van der Waals surface area contributed by atoms with E-state index in [9.17, 15) is 4.79 Å². The van der Waals surface area contributed by atoms with Crippen LogP contribution in [0.5, 0.6) is 0 Å². The lowest BCUT2D eigenvalue weighted by Crippen LogP contribution is -2.54. The Morgan fingerprint density at radius 1 is 1.45 bits per heavy atom. The first-order valence-corrected chi connectivity index (χ1v) is 7.82. The van der Waals surface area contributed by atoms with Gasteiger partial charge in [0, 0.05) is 38.4 Å². The maximum Gasteiger partial charge on any atom is 0.410 e. The summed E-state index contributed by atoms with van der Waals surface area (Å²) in [5.74, 6) is 0. The third-order valence-corrected chi connectivity index (χ3v) is 3.59. The highest BCUT2D eigenvalue weighted by atomic mass is 35.5. The molecule has 1 saturated heterocycles. The van der Waals surface area contributed by atoms with Crippen LogP contribution >= 0.6 is 11.6 Å². The van der Waals surface area contributed by atoms with Gasteiger partial charge in [-0.25, -0.2) is 14.8 Å². The fraction of sp³-hybridized carbons (Fsp3) is 0.667. The second-order valence-electron chi connectivity index (χ2n) is 6.57. The predicted octanol–water partition coefficient (Wildman–Crippen LogP) is 2.57. The monoisotopic (exact) mass is 326 g/mol. The molecule has 2 rings (SSSR count). The number of nitrogens with zero attached hydrogens (tertiary/aromatic N) is 4. The van der Waals surface area contributed by atoms with Crippen molar-refractivity contribution in [2.24, 2.45) is 0 Å². The SMILES string of the molecule is C[C@H]1CN(Cc2ccnc(Cl)n2)CCN1C(=O)OC(C)(C)C. The maximum atomic E-state index is 12.2. The van der Waals surface area contributed by atoms with Crippen molar-refractivity contribution in [2.75, 3.05) is 19.6 Å². The highest BCUT2D eigenvalue weighted by Gasteiger charge is 2.30. The number of hydrogen-bond acceptors (Lipinski definition) is 5. The van der Waals surface area contributed by atoms with Gasteiger partial charge in [-0.2, -0.15) is 0 Å². The van der Waals surface area contributed by atoms with Gasteiger partial charge in [-0.3, -0.25) is 4.90 Å². The van der Waals surface area contributed by atoms with Crippen LogP contribution in [0.3, 0.4) is 0 Å². The van der Waals surface area contributed by atoms with Crippen molar-refractivity contribution >= 4 is 17.7 Å². The van der Waals surface area contributed by atoms with Crippen LogP contribution in [0.2, 0.25) is 5.28 Å². The van der Waals surface area contributed by atoms with Crippen LogP contribution in [0.15, 0.2) is 12.3 Å². The molecular formula is C15H23ClN4O2. The summed E-state index contributed by atoms with van der Waals surface area (Å²) in [5, 5.41) is 0.262. The predicted molar refractivity (Wildman–Crippen MR) is 84.7 cm³/mol. The van der Waals surface area contributed by atoms with Crippen LogP contribution in [-0.4, -0.2) is 57.1 Å². The fourth-order valence-electron chi connectivity index (χ4n) is 2.46. The van der Waals surface area contributed by atoms with Crippen molar-refractivity contribution in [3.05, 3.63) is 23.2 Å². The van der Waals surface area contributed by atoms with Crippen molar-refractivity contribution < 1.29 is 9.53 Å². The summed E-state index contributed by atoms with van der Waals surface area (Å²) in [4.78, 5) is 24.3. The molecule has 1 amide bonds. The largest absolute Gasteiger partial charge is 0.444 e. The quantitative estimate of drug-likeness (QED) is 0.782. The molecule has 0 radical (unpaired) electrons. The zero-order chi connectivity index (χ0) is 16.3. The van der Waals surface area contributed by atoms with Crippen molar-refractivity contribution in [3.63, 3.8) is 0 Å². The van der Waals surface area contributed by atoms with Crippen LogP contribution in [-0.2, 0) is 11.3 Å². The van der Waals surface area contributed by atoms with Gasteiger partial charge in [0.1, 0.15) is 5.60 Å². The van der Waals surface area contributed by atoms with E-state index in [4.69, 9.17) is 16.3 Å². The van der Waals surface area contributed by atoms with Gasteiger partial charge in [-0.15, -0.1) is 0 Å². The number of halogens is 1. The molecule has 1 aromatic heterocycles. The molecule has 1 fully saturated rings. The van der Waals surface area contributed by atoms with E-state index in [-0.39, 0.29) is 17.4 Å². The van der Waals surface area contributed by atoms with Gasteiger partial charge in [0.25, 0.3) is 0 Å². The summed E-state index contributed by atoms with van der Waals surface area (Å²) in [6.45, 7) is 10.6. The van der Waals surface area contributed by atoms with Gasteiger partial charge in [0.15, 0.2) is 0 Å². The molecule has 22 heavy (non-hydrogen) atoms. The molecule has 1 aliphatic heterocycles. The molecule has 0 N–H and O–H groups in total. The average molecular weight is 327 g/mol. The van der Waals surface area contributed by atoms with Gasteiger partial charge in [-0.1, -0.05) is 0 Å². The molecule has 0 aliphatic carbocycles. The van der Waals surface area contributed by atoms with Crippen LogP contribution in [0.1, 0.15) is 33.4 Å². The molecule has 7 heteroatoms. The van der Waals surface area contributed by atoms with Gasteiger partial charge in [-0.05, 0) is 45.4 Å². The molecule has 1 atom stereocenters. The average Bonchev–Trinajstić information content (AvgIpc) is 2.36. The highest BCUT2D eigenvalue weighted by molar-refractivity contribution is 6.28. The van der Waals surface area contributed by atoms with E-state index in [1.165, 1.54) is 0 Å². The second kappa shape index (κ2) is 6.79. The Bertz CT molecular complexity index is 533. The minimum atomic E-state index is -0.467. The Kier molecular flexibility index (Phi) is 5.24. The summed E-state index contributed by atoms with van der Waals surface area (Å²) in [5.41, 5.74) is 0.420. The first-order chi connectivity index (χ1) is 10.2. The Hall–Kier alpha value is -1.40. The van der Waals surface area contributed by atoms with Gasteiger partial charge < -0.3 is 9.64 Å². The summed E-state index contributed by atoms with van der Waals surface area (Å²) >= 11 is 5.81. The number of hydrogen-bond donors (Lipinski definition) is 0. The molecule has 0 aromatic carbocycles. The van der Waals surface area contributed by atoms with Crippen LogP contribution < -0.4 is 0 Å². The zero-order valence-corrected chi connectivity index (χ0v) is 14.3. The van der Waals surface area contributed by atoms with E-state index >= 15 is 0 Å². The summed E-state index contributed by atoms with van der Waals surface area (Å²) in [6, 6.07) is 1.96. The van der Waals surface area contributed by atoms with E-state index in [0.717, 1.165) is 18.8 Å². The van der Waals surface area contributed by atoms with Gasteiger partial charge in [0.05, 0.1) is 5.69 Å². The molecule has 122 valence electrons. The van der Waals surface area contributed by atoms with Gasteiger partial charge >= 0.3 is 6.09 Å². The second-order valence-corrected chi connectivity index (χ2v) is 6.91. The Morgan fingerprint density at radius 2 is 2.18 bits per heavy atom. The summed E-state index contributed by atoms with van der Waals surface area (Å²) < 4.78 is 5.45. The molecule has 2 heterocycles. The molecule has 1 aromatic rings. The minimum Gasteiger partial charge on any atom is -0.444 e. The Labute approximate surface area is 136 Å². The van der Waals surface area contributed by atoms with E-state index in [1.54, 1.807) is 11.1 Å². The lowest BCUT2D eigenvalue weighted by atomic mass is 10.2. The van der Waals surface area contributed by atoms with Crippen LogP contribution in [0.25, 0.3) is 0 Å². The number of ether oxygens (including phenoxy) is 1. The third-order valence-electron chi connectivity index (χ3n) is 3.41. The normalized spacial score (nSPS) is 20.0. The molecule has 0 spiro atoms. The molecule has 1 aliphatic rings. The molecule has 0 saturated carbocycles. The molecule has 6 nitrogen and oxygen atoms in total. The maximum absolute atomic E-state index is 12.2. The number of amides is 1. The first kappa shape index (κ1) is 17.0. The zero-order valence-electron chi connectivity index (χ0n) is 13.5. The van der Waals surface area contributed by atoms with E-state index in [2.05, 4.69) is 14.9 Å². The van der Waals surface area contributed by atoms with E-state index < -0.39 is 5.60 Å². The molecule has 0 unspecified atom stereocenters. The minimum absolute atomic E-state index is 0.0981. The smallest absolute Gasteiger partial charge is 0.410 e. The lowest BCUT2D eigenvalue weighted by Gasteiger charge is -2.40. The number of carbonyl (C=O) groups is 1. The Balaban J connectivity index is 1.91. The number of piperazine rings is 1. The lowest BCUT2D eigenvalue weighted by molar-refractivity contribution is 0.000438. The number of aromatic nitrogens is 2. The van der Waals surface area contributed by atoms with Gasteiger partial charge in [0.2, 0.25) is 5.28 Å². The van der Waals surface area contributed by atoms with E-state index in [0.29, 0.717) is 13.1 Å². The third kappa shape index (κ3) is 4.81. The number of rotatable bonds is 2. The van der Waals surface area contributed by atoms with Crippen molar-refractivity contribution in [2.45, 2.75) is 45.9 Å².